The van der Waals surface area contributed by atoms with E-state index < -0.39 is 18.0 Å². The molecule has 0 spiro atoms. The maximum atomic E-state index is 12.3. The predicted molar refractivity (Wildman–Crippen MR) is 76.3 cm³/mol. The molecule has 0 saturated heterocycles. The molecule has 0 aliphatic heterocycles. The summed E-state index contributed by atoms with van der Waals surface area (Å²) in [6.07, 6.45) is -4.68. The monoisotopic (exact) mass is 339 g/mol. The second kappa shape index (κ2) is 5.99. The molecule has 0 saturated carbocycles. The fraction of sp³-hybridized carbons (Fsp3) is 0.267. The Bertz CT molecular complexity index is 883. The van der Waals surface area contributed by atoms with Gasteiger partial charge >= 0.3 is 12.1 Å². The molecule has 1 N–H and O–H groups in total. The van der Waals surface area contributed by atoms with Gasteiger partial charge in [-0.15, -0.1) is 0 Å². The summed E-state index contributed by atoms with van der Waals surface area (Å²) < 4.78 is 46.6. The van der Waals surface area contributed by atoms with E-state index in [1.807, 2.05) is 25.1 Å². The molecule has 0 fully saturated rings. The number of furan rings is 1. The second-order valence-corrected chi connectivity index (χ2v) is 5.12. The van der Waals surface area contributed by atoms with E-state index in [1.54, 1.807) is 6.07 Å². The molecular formula is C15H12F3N3O3. The Morgan fingerprint density at radius 2 is 2.12 bits per heavy atom. The fourth-order valence-electron chi connectivity index (χ4n) is 2.17. The summed E-state index contributed by atoms with van der Waals surface area (Å²) in [5.74, 6) is -1.88. The lowest BCUT2D eigenvalue weighted by Crippen LogP contribution is -2.25. The Kier molecular flexibility index (Phi) is 4.00. The first-order valence-electron chi connectivity index (χ1n) is 7.02. The van der Waals surface area contributed by atoms with Crippen molar-refractivity contribution in [1.29, 1.82) is 0 Å². The smallest absolute Gasteiger partial charge is 0.451 e. The maximum Gasteiger partial charge on any atom is 0.471 e. The van der Waals surface area contributed by atoms with Crippen molar-refractivity contribution < 1.29 is 26.9 Å². The van der Waals surface area contributed by atoms with Gasteiger partial charge in [-0.05, 0) is 18.6 Å². The fourth-order valence-corrected chi connectivity index (χ4v) is 2.17. The van der Waals surface area contributed by atoms with Crippen LogP contribution in [-0.2, 0) is 12.6 Å². The van der Waals surface area contributed by atoms with Crippen LogP contribution >= 0.6 is 0 Å². The largest absolute Gasteiger partial charge is 0.471 e. The van der Waals surface area contributed by atoms with Crippen LogP contribution in [0.15, 0.2) is 33.2 Å². The molecule has 0 bridgehead atoms. The van der Waals surface area contributed by atoms with Gasteiger partial charge < -0.3 is 14.3 Å². The standard InChI is InChI=1S/C15H12F3N3O3/c1-8-3-2-4-9-7-10(23-12(8)9)13(22)19-6-5-11-20-14(24-21-11)15(16,17)18/h2-4,7H,5-6H2,1H3,(H,19,22). The molecular weight excluding hydrogens is 327 g/mol. The molecule has 0 unspecified atom stereocenters. The highest BCUT2D eigenvalue weighted by molar-refractivity contribution is 5.96. The highest BCUT2D eigenvalue weighted by Gasteiger charge is 2.38. The average molecular weight is 339 g/mol. The topological polar surface area (TPSA) is 81.2 Å². The molecule has 126 valence electrons. The number of fused-ring (bicyclic) bond motifs is 1. The van der Waals surface area contributed by atoms with Crippen molar-refractivity contribution >= 4 is 16.9 Å². The molecule has 0 radical (unpaired) electrons. The van der Waals surface area contributed by atoms with Crippen LogP contribution in [0.5, 0.6) is 0 Å². The first-order valence-corrected chi connectivity index (χ1v) is 7.02. The molecule has 6 nitrogen and oxygen atoms in total. The van der Waals surface area contributed by atoms with Gasteiger partial charge in [-0.3, -0.25) is 4.79 Å². The van der Waals surface area contributed by atoms with E-state index >= 15 is 0 Å². The van der Waals surface area contributed by atoms with Crippen molar-refractivity contribution in [3.8, 4) is 0 Å². The van der Waals surface area contributed by atoms with Crippen molar-refractivity contribution in [3.05, 3.63) is 47.3 Å². The highest BCUT2D eigenvalue weighted by Crippen LogP contribution is 2.27. The van der Waals surface area contributed by atoms with Crippen molar-refractivity contribution in [2.24, 2.45) is 0 Å². The van der Waals surface area contributed by atoms with E-state index in [1.165, 1.54) is 0 Å². The lowest BCUT2D eigenvalue weighted by molar-refractivity contribution is -0.159. The minimum absolute atomic E-state index is 0.00454. The number of amides is 1. The van der Waals surface area contributed by atoms with E-state index in [9.17, 15) is 18.0 Å². The summed E-state index contributed by atoms with van der Waals surface area (Å²) in [6, 6.07) is 7.14. The quantitative estimate of drug-likeness (QED) is 0.790. The predicted octanol–water partition coefficient (Wildman–Crippen LogP) is 3.12. The van der Waals surface area contributed by atoms with E-state index in [0.29, 0.717) is 5.58 Å². The third-order valence-electron chi connectivity index (χ3n) is 3.31. The summed E-state index contributed by atoms with van der Waals surface area (Å²) in [6.45, 7) is 1.91. The van der Waals surface area contributed by atoms with Crippen LogP contribution in [0.4, 0.5) is 13.2 Å². The molecule has 2 aromatic heterocycles. The molecule has 9 heteroatoms. The number of carbonyl (C=O) groups is 1. The molecule has 3 aromatic rings. The Balaban J connectivity index is 1.61. The molecule has 0 aliphatic rings. The van der Waals surface area contributed by atoms with Crippen molar-refractivity contribution in [3.63, 3.8) is 0 Å². The van der Waals surface area contributed by atoms with Crippen LogP contribution in [0, 0.1) is 6.92 Å². The van der Waals surface area contributed by atoms with Gasteiger partial charge in [0.15, 0.2) is 11.6 Å². The summed E-state index contributed by atoms with van der Waals surface area (Å²) in [7, 11) is 0. The molecule has 24 heavy (non-hydrogen) atoms. The van der Waals surface area contributed by atoms with Crippen LogP contribution in [0.3, 0.4) is 0 Å². The average Bonchev–Trinajstić information content (AvgIpc) is 3.13. The SMILES string of the molecule is Cc1cccc2cc(C(=O)NCCc3noc(C(F)(F)F)n3)oc12. The minimum atomic E-state index is -4.68. The van der Waals surface area contributed by atoms with E-state index in [2.05, 4.69) is 20.0 Å². The normalized spacial score (nSPS) is 11.8. The third kappa shape index (κ3) is 3.24. The molecule has 1 amide bonds. The van der Waals surface area contributed by atoms with E-state index in [-0.39, 0.29) is 24.6 Å². The maximum absolute atomic E-state index is 12.3. The zero-order chi connectivity index (χ0) is 17.3. The lowest BCUT2D eigenvalue weighted by atomic mass is 10.2. The molecule has 0 atom stereocenters. The van der Waals surface area contributed by atoms with Gasteiger partial charge in [0.25, 0.3) is 5.91 Å². The number of nitrogens with one attached hydrogen (secondary N) is 1. The number of aryl methyl sites for hydroxylation is 1. The van der Waals surface area contributed by atoms with Crippen molar-refractivity contribution in [2.45, 2.75) is 19.5 Å². The Labute approximate surface area is 133 Å². The highest BCUT2D eigenvalue weighted by atomic mass is 19.4. The summed E-state index contributed by atoms with van der Waals surface area (Å²) in [5.41, 5.74) is 1.52. The molecule has 0 aliphatic carbocycles. The van der Waals surface area contributed by atoms with Gasteiger partial charge in [-0.2, -0.15) is 18.2 Å². The van der Waals surface area contributed by atoms with Gasteiger partial charge in [0, 0.05) is 18.4 Å². The van der Waals surface area contributed by atoms with Gasteiger partial charge in [0.05, 0.1) is 0 Å². The van der Waals surface area contributed by atoms with Crippen LogP contribution in [-0.4, -0.2) is 22.6 Å². The van der Waals surface area contributed by atoms with E-state index in [4.69, 9.17) is 4.42 Å². The van der Waals surface area contributed by atoms with Crippen LogP contribution in [0.1, 0.15) is 27.8 Å². The zero-order valence-corrected chi connectivity index (χ0v) is 12.5. The molecule has 3 rings (SSSR count). The first-order chi connectivity index (χ1) is 11.3. The number of aromatic nitrogens is 2. The van der Waals surface area contributed by atoms with Gasteiger partial charge in [-0.1, -0.05) is 23.4 Å². The number of hydrogen-bond acceptors (Lipinski definition) is 5. The lowest BCUT2D eigenvalue weighted by Gasteiger charge is -2.00. The number of carbonyl (C=O) groups excluding carboxylic acids is 1. The van der Waals surface area contributed by atoms with Crippen LogP contribution < -0.4 is 5.32 Å². The number of halogens is 3. The van der Waals surface area contributed by atoms with Crippen molar-refractivity contribution in [2.75, 3.05) is 6.54 Å². The summed E-state index contributed by atoms with van der Waals surface area (Å²) in [5, 5.41) is 6.56. The van der Waals surface area contributed by atoms with Gasteiger partial charge in [0.1, 0.15) is 5.58 Å². The number of benzene rings is 1. The number of nitrogens with zero attached hydrogens (tertiary/aromatic N) is 2. The zero-order valence-electron chi connectivity index (χ0n) is 12.5. The molecule has 2 heterocycles. The van der Waals surface area contributed by atoms with Crippen molar-refractivity contribution in [1.82, 2.24) is 15.5 Å². The Hall–Kier alpha value is -2.84. The number of rotatable bonds is 4. The second-order valence-electron chi connectivity index (χ2n) is 5.12. The number of alkyl halides is 3. The van der Waals surface area contributed by atoms with Gasteiger partial charge in [0.2, 0.25) is 0 Å². The number of hydrogen-bond donors (Lipinski definition) is 1. The Morgan fingerprint density at radius 1 is 1.33 bits per heavy atom. The summed E-state index contributed by atoms with van der Waals surface area (Å²) >= 11 is 0. The van der Waals surface area contributed by atoms with Crippen LogP contribution in [0.2, 0.25) is 0 Å². The Morgan fingerprint density at radius 3 is 2.79 bits per heavy atom. The summed E-state index contributed by atoms with van der Waals surface area (Å²) in [4.78, 5) is 15.3. The first kappa shape index (κ1) is 16.0. The van der Waals surface area contributed by atoms with Crippen LogP contribution in [0.25, 0.3) is 11.0 Å². The van der Waals surface area contributed by atoms with Gasteiger partial charge in [-0.25, -0.2) is 0 Å². The molecule has 1 aromatic carbocycles. The minimum Gasteiger partial charge on any atom is -0.451 e. The van der Waals surface area contributed by atoms with E-state index in [0.717, 1.165) is 10.9 Å². The third-order valence-corrected chi connectivity index (χ3v) is 3.31. The number of para-hydroxylation sites is 1.